The van der Waals surface area contributed by atoms with Gasteiger partial charge in [0, 0.05) is 0 Å². The van der Waals surface area contributed by atoms with Crippen molar-refractivity contribution in [1.82, 2.24) is 0 Å². The normalized spacial score (nSPS) is 10.4. The Balaban J connectivity index is 4.17. The Morgan fingerprint density at radius 1 is 1.00 bits per heavy atom. The maximum absolute atomic E-state index is 11.5. The van der Waals surface area contributed by atoms with E-state index in [4.69, 9.17) is 0 Å². The molecule has 0 fully saturated rings. The van der Waals surface area contributed by atoms with E-state index in [1.165, 1.54) is 0 Å². The molecule has 0 aliphatic heterocycles. The number of rotatable bonds is 6. The van der Waals surface area contributed by atoms with E-state index in [9.17, 15) is 9.05 Å². The molecule has 0 aromatic carbocycles. The maximum Gasteiger partial charge on any atom is 0.570 e. The van der Waals surface area contributed by atoms with E-state index in [2.05, 4.69) is 32.5 Å². The van der Waals surface area contributed by atoms with Gasteiger partial charge in [-0.3, -0.25) is 0 Å². The highest BCUT2D eigenvalue weighted by molar-refractivity contribution is 4.56. The van der Waals surface area contributed by atoms with Crippen molar-refractivity contribution in [3.8, 4) is 0 Å². The SMILES string of the molecule is C=COC(OF)(OF)OC=C. The number of hydrogen-bond acceptors (Lipinski definition) is 4. The van der Waals surface area contributed by atoms with Crippen LogP contribution in [-0.2, 0) is 19.4 Å². The second-order valence-electron chi connectivity index (χ2n) is 1.22. The third-order valence-corrected chi connectivity index (χ3v) is 0.644. The molecule has 0 aliphatic carbocycles. The molecule has 0 aromatic heterocycles. The molecule has 0 aliphatic rings. The molecular weight excluding hydrogens is 162 g/mol. The van der Waals surface area contributed by atoms with Crippen molar-refractivity contribution in [2.24, 2.45) is 0 Å². The van der Waals surface area contributed by atoms with Gasteiger partial charge in [-0.1, -0.05) is 23.0 Å². The van der Waals surface area contributed by atoms with Crippen LogP contribution in [0.4, 0.5) is 9.05 Å². The van der Waals surface area contributed by atoms with Gasteiger partial charge < -0.3 is 9.47 Å². The molecule has 0 heterocycles. The van der Waals surface area contributed by atoms with Crippen LogP contribution in [-0.4, -0.2) is 6.16 Å². The molecule has 0 spiro atoms. The minimum Gasteiger partial charge on any atom is -0.411 e. The largest absolute Gasteiger partial charge is 0.570 e. The minimum absolute atomic E-state index is 0.669. The Morgan fingerprint density at radius 3 is 1.55 bits per heavy atom. The van der Waals surface area contributed by atoms with Gasteiger partial charge in [0.05, 0.1) is 12.5 Å². The van der Waals surface area contributed by atoms with Gasteiger partial charge >= 0.3 is 6.16 Å². The van der Waals surface area contributed by atoms with Gasteiger partial charge in [-0.15, -0.1) is 0 Å². The highest BCUT2D eigenvalue weighted by Gasteiger charge is 2.40. The first kappa shape index (κ1) is 9.86. The highest BCUT2D eigenvalue weighted by Crippen LogP contribution is 2.18. The van der Waals surface area contributed by atoms with Crippen molar-refractivity contribution in [1.29, 1.82) is 0 Å². The Bertz CT molecular complexity index is 122. The van der Waals surface area contributed by atoms with Gasteiger partial charge in [-0.05, 0) is 9.05 Å². The maximum atomic E-state index is 11.5. The van der Waals surface area contributed by atoms with Crippen LogP contribution < -0.4 is 0 Å². The van der Waals surface area contributed by atoms with E-state index >= 15 is 0 Å². The van der Waals surface area contributed by atoms with E-state index in [1.54, 1.807) is 0 Å². The van der Waals surface area contributed by atoms with E-state index in [-0.39, 0.29) is 0 Å². The summed E-state index contributed by atoms with van der Waals surface area (Å²) >= 11 is 0. The Morgan fingerprint density at radius 2 is 1.36 bits per heavy atom. The summed E-state index contributed by atoms with van der Waals surface area (Å²) in [5, 5.41) is 0. The van der Waals surface area contributed by atoms with Crippen molar-refractivity contribution in [3.63, 3.8) is 0 Å². The second kappa shape index (κ2) is 4.64. The predicted molar refractivity (Wildman–Crippen MR) is 29.7 cm³/mol. The van der Waals surface area contributed by atoms with Crippen LogP contribution in [0.3, 0.4) is 0 Å². The quantitative estimate of drug-likeness (QED) is 0.447. The molecule has 0 saturated heterocycles. The molecule has 0 saturated carbocycles. The molecular formula is C5H6F2O4. The van der Waals surface area contributed by atoms with Crippen LogP contribution in [0.15, 0.2) is 25.7 Å². The molecule has 11 heavy (non-hydrogen) atoms. The fourth-order valence-corrected chi connectivity index (χ4v) is 0.317. The predicted octanol–water partition coefficient (Wildman–Crippen LogP) is 1.72. The first-order valence-electron chi connectivity index (χ1n) is 2.41. The molecule has 0 atom stereocenters. The van der Waals surface area contributed by atoms with Crippen LogP contribution in [0, 0.1) is 0 Å². The average Bonchev–Trinajstić information content (AvgIpc) is 2.04. The first-order chi connectivity index (χ1) is 5.24. The molecule has 0 N–H and O–H groups in total. The van der Waals surface area contributed by atoms with E-state index in [0.717, 1.165) is 0 Å². The molecule has 0 rings (SSSR count). The Hall–Kier alpha value is -1.14. The zero-order valence-electron chi connectivity index (χ0n) is 5.46. The van der Waals surface area contributed by atoms with Crippen molar-refractivity contribution in [3.05, 3.63) is 25.7 Å². The molecule has 64 valence electrons. The third-order valence-electron chi connectivity index (χ3n) is 0.644. The summed E-state index contributed by atoms with van der Waals surface area (Å²) < 4.78 is 31.0. The molecule has 6 heteroatoms. The Kier molecular flexibility index (Phi) is 4.16. The van der Waals surface area contributed by atoms with Gasteiger partial charge in [0.2, 0.25) is 0 Å². The fourth-order valence-electron chi connectivity index (χ4n) is 0.317. The fraction of sp³-hybridized carbons (Fsp3) is 0.200. The molecule has 0 aromatic rings. The van der Waals surface area contributed by atoms with Gasteiger partial charge in [0.25, 0.3) is 0 Å². The smallest absolute Gasteiger partial charge is 0.411 e. The lowest BCUT2D eigenvalue weighted by Gasteiger charge is -2.19. The summed E-state index contributed by atoms with van der Waals surface area (Å²) in [6.07, 6.45) is -1.55. The zero-order chi connectivity index (χ0) is 8.74. The molecule has 0 amide bonds. The number of hydrogen-bond donors (Lipinski definition) is 0. The first-order valence-corrected chi connectivity index (χ1v) is 2.41. The van der Waals surface area contributed by atoms with Crippen LogP contribution in [0.2, 0.25) is 0 Å². The van der Waals surface area contributed by atoms with Crippen LogP contribution in [0.1, 0.15) is 0 Å². The zero-order valence-corrected chi connectivity index (χ0v) is 5.46. The standard InChI is InChI=1S/C5H6F2O4/c1-3-8-5(10-6,11-7)9-4-2/h3-4H,1-2H2. The molecule has 4 nitrogen and oxygen atoms in total. The van der Waals surface area contributed by atoms with Crippen molar-refractivity contribution in [2.75, 3.05) is 0 Å². The monoisotopic (exact) mass is 168 g/mol. The summed E-state index contributed by atoms with van der Waals surface area (Å²) in [4.78, 5) is 5.77. The summed E-state index contributed by atoms with van der Waals surface area (Å²) in [6.45, 7) is 5.99. The number of ether oxygens (including phenoxy) is 2. The van der Waals surface area contributed by atoms with Gasteiger partial charge in [0.1, 0.15) is 0 Å². The second-order valence-corrected chi connectivity index (χ2v) is 1.22. The molecule has 0 bridgehead atoms. The van der Waals surface area contributed by atoms with Crippen LogP contribution in [0.5, 0.6) is 0 Å². The van der Waals surface area contributed by atoms with Crippen LogP contribution >= 0.6 is 0 Å². The van der Waals surface area contributed by atoms with E-state index < -0.39 is 6.16 Å². The van der Waals surface area contributed by atoms with Crippen molar-refractivity contribution in [2.45, 2.75) is 6.16 Å². The van der Waals surface area contributed by atoms with Gasteiger partial charge in [-0.25, -0.2) is 0 Å². The third kappa shape index (κ3) is 2.52. The van der Waals surface area contributed by atoms with Crippen molar-refractivity contribution >= 4 is 0 Å². The highest BCUT2D eigenvalue weighted by atomic mass is 19.3. The topological polar surface area (TPSA) is 36.9 Å². The lowest BCUT2D eigenvalue weighted by molar-refractivity contribution is -0.572. The molecule has 0 unspecified atom stereocenters. The summed E-state index contributed by atoms with van der Waals surface area (Å²) in [6, 6.07) is 0. The average molecular weight is 168 g/mol. The lowest BCUT2D eigenvalue weighted by atomic mass is 11.0. The summed E-state index contributed by atoms with van der Waals surface area (Å²) in [7, 11) is 0. The van der Waals surface area contributed by atoms with Crippen LogP contribution in [0.25, 0.3) is 0 Å². The summed E-state index contributed by atoms with van der Waals surface area (Å²) in [5.41, 5.74) is 0. The lowest BCUT2D eigenvalue weighted by Crippen LogP contribution is -2.34. The van der Waals surface area contributed by atoms with Gasteiger partial charge in [0.15, 0.2) is 0 Å². The van der Waals surface area contributed by atoms with E-state index in [1.807, 2.05) is 0 Å². The molecule has 0 radical (unpaired) electrons. The minimum atomic E-state index is -2.89. The number of halogens is 2. The van der Waals surface area contributed by atoms with Gasteiger partial charge in [-0.2, -0.15) is 0 Å². The summed E-state index contributed by atoms with van der Waals surface area (Å²) in [5.74, 6) is 0. The van der Waals surface area contributed by atoms with Crippen molar-refractivity contribution < 1.29 is 28.4 Å². The Labute approximate surface area is 61.4 Å². The van der Waals surface area contributed by atoms with E-state index in [0.29, 0.717) is 12.5 Å².